The molecule has 0 amide bonds. The first kappa shape index (κ1) is 16.9. The van der Waals surface area contributed by atoms with Crippen molar-refractivity contribution in [3.8, 4) is 11.9 Å². The fourth-order valence-corrected chi connectivity index (χ4v) is 3.06. The minimum Gasteiger partial charge on any atom is -0.478 e. The number of carboxylic acids is 1. The fourth-order valence-electron chi connectivity index (χ4n) is 3.06. The summed E-state index contributed by atoms with van der Waals surface area (Å²) in [4.78, 5) is 20.0. The maximum atomic E-state index is 11.5. The van der Waals surface area contributed by atoms with Crippen molar-refractivity contribution in [3.63, 3.8) is 0 Å². The highest BCUT2D eigenvalue weighted by Gasteiger charge is 2.18. The second kappa shape index (κ2) is 7.01. The summed E-state index contributed by atoms with van der Waals surface area (Å²) in [6, 6.07) is 5.36. The number of carboxylic acid groups (broad SMARTS) is 1. The van der Waals surface area contributed by atoms with E-state index in [1.54, 1.807) is 18.3 Å². The van der Waals surface area contributed by atoms with E-state index in [1.807, 2.05) is 6.07 Å². The Hall–Kier alpha value is -3.51. The molecule has 1 atom stereocenters. The number of nitrogens with zero attached hydrogens (tertiary/aromatic N) is 5. The molecular formula is C18H16N6O3. The minimum absolute atomic E-state index is 0.0693. The van der Waals surface area contributed by atoms with E-state index in [2.05, 4.69) is 20.4 Å². The summed E-state index contributed by atoms with van der Waals surface area (Å²) in [5, 5.41) is 26.5. The molecule has 1 saturated heterocycles. The Morgan fingerprint density at radius 3 is 3.00 bits per heavy atom. The number of nitrogens with one attached hydrogen (secondary N) is 1. The van der Waals surface area contributed by atoms with Crippen LogP contribution in [0, 0.1) is 11.3 Å². The first-order valence-corrected chi connectivity index (χ1v) is 8.49. The van der Waals surface area contributed by atoms with Gasteiger partial charge in [0, 0.05) is 37.0 Å². The van der Waals surface area contributed by atoms with Gasteiger partial charge in [-0.25, -0.2) is 14.8 Å². The molecule has 9 nitrogen and oxygen atoms in total. The molecule has 1 aliphatic heterocycles. The third-order valence-electron chi connectivity index (χ3n) is 4.42. The van der Waals surface area contributed by atoms with Crippen molar-refractivity contribution in [3.05, 3.63) is 41.9 Å². The topological polar surface area (TPSA) is 126 Å². The summed E-state index contributed by atoms with van der Waals surface area (Å²) in [5.74, 6) is -0.631. The van der Waals surface area contributed by atoms with Crippen LogP contribution in [0.5, 0.6) is 0 Å². The van der Waals surface area contributed by atoms with Gasteiger partial charge in [0.05, 0.1) is 23.6 Å². The second-order valence-corrected chi connectivity index (χ2v) is 6.21. The molecule has 0 radical (unpaired) electrons. The van der Waals surface area contributed by atoms with E-state index in [-0.39, 0.29) is 11.7 Å². The summed E-state index contributed by atoms with van der Waals surface area (Å²) in [6.45, 7) is 1.25. The maximum absolute atomic E-state index is 11.5. The highest BCUT2D eigenvalue weighted by atomic mass is 16.5. The van der Waals surface area contributed by atoms with E-state index >= 15 is 0 Å². The number of pyridine rings is 2. The third-order valence-corrected chi connectivity index (χ3v) is 4.42. The van der Waals surface area contributed by atoms with Gasteiger partial charge in [-0.05, 0) is 18.9 Å². The lowest BCUT2D eigenvalue weighted by molar-refractivity contribution is 0.0697. The highest BCUT2D eigenvalue weighted by molar-refractivity contribution is 5.94. The molecule has 0 aromatic carbocycles. The summed E-state index contributed by atoms with van der Waals surface area (Å²) in [6.07, 6.45) is 6.38. The molecule has 0 unspecified atom stereocenters. The molecular weight excluding hydrogens is 348 g/mol. The van der Waals surface area contributed by atoms with Crippen LogP contribution in [-0.4, -0.2) is 50.1 Å². The maximum Gasteiger partial charge on any atom is 0.339 e. The normalized spacial score (nSPS) is 16.3. The molecule has 0 saturated carbocycles. The largest absolute Gasteiger partial charge is 0.478 e. The van der Waals surface area contributed by atoms with Crippen LogP contribution in [0.25, 0.3) is 16.9 Å². The summed E-state index contributed by atoms with van der Waals surface area (Å²) in [7, 11) is 0. The molecule has 4 heterocycles. The molecule has 3 aromatic rings. The molecule has 0 aliphatic carbocycles. The number of anilines is 1. The van der Waals surface area contributed by atoms with Gasteiger partial charge >= 0.3 is 5.97 Å². The molecule has 0 spiro atoms. The van der Waals surface area contributed by atoms with Crippen molar-refractivity contribution in [2.24, 2.45) is 0 Å². The van der Waals surface area contributed by atoms with E-state index in [4.69, 9.17) is 10.00 Å². The first-order valence-electron chi connectivity index (χ1n) is 8.49. The van der Waals surface area contributed by atoms with Gasteiger partial charge in [-0.2, -0.15) is 15.0 Å². The Morgan fingerprint density at radius 1 is 1.37 bits per heavy atom. The minimum atomic E-state index is -1.06. The van der Waals surface area contributed by atoms with E-state index < -0.39 is 5.97 Å². The predicted octanol–water partition coefficient (Wildman–Crippen LogP) is 1.98. The van der Waals surface area contributed by atoms with Crippen molar-refractivity contribution in [1.29, 1.82) is 5.26 Å². The van der Waals surface area contributed by atoms with Crippen molar-refractivity contribution in [2.75, 3.05) is 18.5 Å². The van der Waals surface area contributed by atoms with Crippen LogP contribution in [0.3, 0.4) is 0 Å². The van der Waals surface area contributed by atoms with Gasteiger partial charge in [0.15, 0.2) is 11.5 Å². The van der Waals surface area contributed by atoms with Crippen LogP contribution in [0.1, 0.15) is 28.8 Å². The van der Waals surface area contributed by atoms with Crippen molar-refractivity contribution < 1.29 is 14.6 Å². The fraction of sp³-hybridized carbons (Fsp3) is 0.278. The van der Waals surface area contributed by atoms with E-state index in [1.165, 1.54) is 17.1 Å². The van der Waals surface area contributed by atoms with Gasteiger partial charge in [-0.1, -0.05) is 0 Å². The highest BCUT2D eigenvalue weighted by Crippen LogP contribution is 2.22. The number of aromatic carboxylic acids is 1. The van der Waals surface area contributed by atoms with Crippen LogP contribution >= 0.6 is 0 Å². The Kier molecular flexibility index (Phi) is 4.40. The quantitative estimate of drug-likeness (QED) is 0.704. The molecule has 4 rings (SSSR count). The Morgan fingerprint density at radius 2 is 2.26 bits per heavy atom. The molecule has 0 bridgehead atoms. The number of nitriles is 1. The van der Waals surface area contributed by atoms with E-state index in [0.29, 0.717) is 34.6 Å². The summed E-state index contributed by atoms with van der Waals surface area (Å²) < 4.78 is 7.09. The number of ether oxygens (including phenoxy) is 1. The molecule has 9 heteroatoms. The standard InChI is InChI=1S/C18H16N6O3/c19-6-11-4-12-8-23-24(17(12)22-7-11)16-5-15(14(10-21-16)18(25)26)20-9-13-2-1-3-27-13/h4-5,7-8,10,13H,1-3,9H2,(H,20,21)(H,25,26)/t13-/m1/s1. The number of fused-ring (bicyclic) bond motifs is 1. The molecule has 1 fully saturated rings. The Bertz CT molecular complexity index is 1050. The zero-order valence-electron chi connectivity index (χ0n) is 14.3. The van der Waals surface area contributed by atoms with E-state index in [0.717, 1.165) is 19.4 Å². The lowest BCUT2D eigenvalue weighted by Gasteiger charge is -2.14. The number of carbonyl (C=O) groups is 1. The second-order valence-electron chi connectivity index (χ2n) is 6.21. The average Bonchev–Trinajstić information content (AvgIpc) is 3.35. The van der Waals surface area contributed by atoms with E-state index in [9.17, 15) is 9.90 Å². The zero-order chi connectivity index (χ0) is 18.8. The van der Waals surface area contributed by atoms with Crippen LogP contribution in [-0.2, 0) is 4.74 Å². The molecule has 1 aliphatic rings. The first-order chi connectivity index (χ1) is 13.2. The van der Waals surface area contributed by atoms with Crippen molar-refractivity contribution in [2.45, 2.75) is 18.9 Å². The zero-order valence-corrected chi connectivity index (χ0v) is 14.3. The monoisotopic (exact) mass is 364 g/mol. The average molecular weight is 364 g/mol. The van der Waals surface area contributed by atoms with Crippen LogP contribution in [0.2, 0.25) is 0 Å². The van der Waals surface area contributed by atoms with Crippen molar-refractivity contribution in [1.82, 2.24) is 19.7 Å². The predicted molar refractivity (Wildman–Crippen MR) is 95.8 cm³/mol. The Balaban J connectivity index is 1.69. The van der Waals surface area contributed by atoms with Gasteiger partial charge in [0.2, 0.25) is 0 Å². The number of hydrogen-bond donors (Lipinski definition) is 2. The van der Waals surface area contributed by atoms with Crippen molar-refractivity contribution >= 4 is 22.7 Å². The van der Waals surface area contributed by atoms with Crippen LogP contribution in [0.15, 0.2) is 30.7 Å². The molecule has 2 N–H and O–H groups in total. The van der Waals surface area contributed by atoms with Gasteiger partial charge < -0.3 is 15.2 Å². The van der Waals surface area contributed by atoms with Crippen LogP contribution < -0.4 is 5.32 Å². The van der Waals surface area contributed by atoms with Gasteiger partial charge in [-0.3, -0.25) is 0 Å². The molecule has 3 aromatic heterocycles. The summed E-state index contributed by atoms with van der Waals surface area (Å²) >= 11 is 0. The molecule has 27 heavy (non-hydrogen) atoms. The smallest absolute Gasteiger partial charge is 0.339 e. The lowest BCUT2D eigenvalue weighted by atomic mass is 10.2. The SMILES string of the molecule is N#Cc1cnc2c(cnn2-c2cc(NC[C@H]3CCCO3)c(C(=O)O)cn2)c1. The number of aromatic nitrogens is 4. The Labute approximate surface area is 154 Å². The van der Waals surface area contributed by atoms with Crippen LogP contribution in [0.4, 0.5) is 5.69 Å². The van der Waals surface area contributed by atoms with Gasteiger partial charge in [0.1, 0.15) is 11.6 Å². The lowest BCUT2D eigenvalue weighted by Crippen LogP contribution is -2.20. The summed E-state index contributed by atoms with van der Waals surface area (Å²) in [5.41, 5.74) is 1.50. The van der Waals surface area contributed by atoms with Gasteiger partial charge in [-0.15, -0.1) is 0 Å². The van der Waals surface area contributed by atoms with Gasteiger partial charge in [0.25, 0.3) is 0 Å². The third kappa shape index (κ3) is 3.30. The molecule has 136 valence electrons. The number of rotatable bonds is 5. The number of hydrogen-bond acceptors (Lipinski definition) is 7.